The van der Waals surface area contributed by atoms with Gasteiger partial charge in [-0.1, -0.05) is 19.1 Å². The minimum Gasteiger partial charge on any atom is -0.339 e. The maximum absolute atomic E-state index is 12.5. The number of amides is 1. The molecule has 0 bridgehead atoms. The molecule has 1 saturated carbocycles. The first kappa shape index (κ1) is 15.0. The third-order valence-corrected chi connectivity index (χ3v) is 4.58. The summed E-state index contributed by atoms with van der Waals surface area (Å²) in [4.78, 5) is 14.4. The van der Waals surface area contributed by atoms with Crippen molar-refractivity contribution in [1.29, 1.82) is 0 Å². The Labute approximate surface area is 122 Å². The fourth-order valence-electron chi connectivity index (χ4n) is 3.00. The largest absolute Gasteiger partial charge is 0.339 e. The van der Waals surface area contributed by atoms with Crippen molar-refractivity contribution in [3.63, 3.8) is 0 Å². The smallest absolute Gasteiger partial charge is 0.253 e. The zero-order chi connectivity index (χ0) is 14.5. The van der Waals surface area contributed by atoms with Crippen molar-refractivity contribution in [2.75, 3.05) is 14.1 Å². The van der Waals surface area contributed by atoms with Gasteiger partial charge in [0.2, 0.25) is 0 Å². The molecule has 3 heteroatoms. The topological polar surface area (TPSA) is 32.3 Å². The van der Waals surface area contributed by atoms with Crippen LogP contribution < -0.4 is 5.32 Å². The second-order valence-corrected chi connectivity index (χ2v) is 5.76. The summed E-state index contributed by atoms with van der Waals surface area (Å²) in [7, 11) is 3.97. The first-order valence-corrected chi connectivity index (χ1v) is 7.69. The third kappa shape index (κ3) is 3.40. The molecule has 0 heterocycles. The highest BCUT2D eigenvalue weighted by atomic mass is 16.2. The summed E-state index contributed by atoms with van der Waals surface area (Å²) in [6.07, 6.45) is 5.53. The van der Waals surface area contributed by atoms with E-state index in [0.29, 0.717) is 12.1 Å². The Morgan fingerprint density at radius 1 is 1.20 bits per heavy atom. The van der Waals surface area contributed by atoms with Crippen molar-refractivity contribution in [2.45, 2.75) is 51.1 Å². The molecule has 0 atom stereocenters. The van der Waals surface area contributed by atoms with E-state index < -0.39 is 0 Å². The number of nitrogens with one attached hydrogen (secondary N) is 1. The lowest BCUT2D eigenvalue weighted by atomic mass is 9.90. The molecule has 1 N–H and O–H groups in total. The molecule has 1 aliphatic rings. The molecule has 1 fully saturated rings. The fourth-order valence-corrected chi connectivity index (χ4v) is 3.00. The van der Waals surface area contributed by atoms with Crippen LogP contribution in [0.2, 0.25) is 0 Å². The van der Waals surface area contributed by atoms with Crippen LogP contribution in [0.25, 0.3) is 0 Å². The first-order chi connectivity index (χ1) is 9.65. The monoisotopic (exact) mass is 274 g/mol. The molecule has 0 unspecified atom stereocenters. The third-order valence-electron chi connectivity index (χ3n) is 4.58. The number of aryl methyl sites for hydroxylation is 1. The second-order valence-electron chi connectivity index (χ2n) is 5.76. The highest BCUT2D eigenvalue weighted by molar-refractivity contribution is 5.94. The van der Waals surface area contributed by atoms with Crippen LogP contribution >= 0.6 is 0 Å². The molecule has 0 spiro atoms. The molecule has 0 aliphatic heterocycles. The molecule has 0 saturated heterocycles. The molecule has 1 aromatic carbocycles. The fraction of sp³-hybridized carbons (Fsp3) is 0.588. The quantitative estimate of drug-likeness (QED) is 0.915. The van der Waals surface area contributed by atoms with Gasteiger partial charge in [0.05, 0.1) is 0 Å². The molecule has 110 valence electrons. The Hall–Kier alpha value is -1.35. The molecule has 0 aromatic heterocycles. The van der Waals surface area contributed by atoms with Crippen LogP contribution in [-0.2, 0) is 6.42 Å². The zero-order valence-corrected chi connectivity index (χ0v) is 12.9. The lowest BCUT2D eigenvalue weighted by molar-refractivity contribution is 0.0685. The molecule has 1 amide bonds. The van der Waals surface area contributed by atoms with Gasteiger partial charge in [-0.3, -0.25) is 4.79 Å². The summed E-state index contributed by atoms with van der Waals surface area (Å²) >= 11 is 0. The molecule has 3 nitrogen and oxygen atoms in total. The number of hydrogen-bond acceptors (Lipinski definition) is 2. The van der Waals surface area contributed by atoms with E-state index in [-0.39, 0.29) is 5.91 Å². The lowest BCUT2D eigenvalue weighted by Crippen LogP contribution is -2.42. The van der Waals surface area contributed by atoms with Gasteiger partial charge >= 0.3 is 0 Å². The van der Waals surface area contributed by atoms with Gasteiger partial charge < -0.3 is 10.2 Å². The number of carbonyl (C=O) groups is 1. The van der Waals surface area contributed by atoms with Gasteiger partial charge in [-0.05, 0) is 56.8 Å². The Balaban J connectivity index is 1.97. The molecular weight excluding hydrogens is 248 g/mol. The van der Waals surface area contributed by atoms with E-state index >= 15 is 0 Å². The van der Waals surface area contributed by atoms with Crippen LogP contribution in [0.4, 0.5) is 0 Å². The van der Waals surface area contributed by atoms with Gasteiger partial charge in [0.1, 0.15) is 0 Å². The maximum Gasteiger partial charge on any atom is 0.253 e. The molecule has 1 aromatic rings. The summed E-state index contributed by atoms with van der Waals surface area (Å²) in [5, 5.41) is 3.33. The highest BCUT2D eigenvalue weighted by Gasteiger charge is 2.26. The lowest BCUT2D eigenvalue weighted by Gasteiger charge is -2.34. The number of carbonyl (C=O) groups excluding carboxylic acids is 1. The average Bonchev–Trinajstić information content (AvgIpc) is 2.53. The molecule has 1 aliphatic carbocycles. The Morgan fingerprint density at radius 3 is 2.30 bits per heavy atom. The van der Waals surface area contributed by atoms with Crippen LogP contribution in [0, 0.1) is 0 Å². The van der Waals surface area contributed by atoms with Crippen molar-refractivity contribution in [1.82, 2.24) is 10.2 Å². The predicted molar refractivity (Wildman–Crippen MR) is 83.0 cm³/mol. The summed E-state index contributed by atoms with van der Waals surface area (Å²) in [6.45, 7) is 2.13. The van der Waals surface area contributed by atoms with Crippen molar-refractivity contribution in [3.05, 3.63) is 35.4 Å². The van der Waals surface area contributed by atoms with E-state index in [9.17, 15) is 4.79 Å². The first-order valence-electron chi connectivity index (χ1n) is 7.69. The zero-order valence-electron chi connectivity index (χ0n) is 12.9. The number of rotatable bonds is 4. The van der Waals surface area contributed by atoms with Crippen molar-refractivity contribution in [3.8, 4) is 0 Å². The van der Waals surface area contributed by atoms with Gasteiger partial charge in [-0.2, -0.15) is 0 Å². The van der Waals surface area contributed by atoms with E-state index in [1.54, 1.807) is 0 Å². The minimum atomic E-state index is 0.153. The van der Waals surface area contributed by atoms with Crippen molar-refractivity contribution in [2.24, 2.45) is 0 Å². The maximum atomic E-state index is 12.5. The molecule has 0 radical (unpaired) electrons. The Bertz CT molecular complexity index is 433. The van der Waals surface area contributed by atoms with E-state index in [4.69, 9.17) is 0 Å². The summed E-state index contributed by atoms with van der Waals surface area (Å²) in [6, 6.07) is 9.03. The van der Waals surface area contributed by atoms with E-state index in [2.05, 4.69) is 24.4 Å². The molecule has 20 heavy (non-hydrogen) atoms. The van der Waals surface area contributed by atoms with Crippen molar-refractivity contribution < 1.29 is 4.79 Å². The van der Waals surface area contributed by atoms with Gasteiger partial charge in [0.15, 0.2) is 0 Å². The number of benzene rings is 1. The van der Waals surface area contributed by atoms with Gasteiger partial charge in [0.25, 0.3) is 5.91 Å². The standard InChI is InChI=1S/C17H26N2O/c1-4-13-5-7-14(8-6-13)17(20)19(3)16-11-9-15(18-2)10-12-16/h5-8,15-16,18H,4,9-12H2,1-3H3. The van der Waals surface area contributed by atoms with Gasteiger partial charge in [-0.25, -0.2) is 0 Å². The van der Waals surface area contributed by atoms with E-state index in [0.717, 1.165) is 37.7 Å². The molecular formula is C17H26N2O. The normalized spacial score (nSPS) is 22.6. The Kier molecular flexibility index (Phi) is 5.18. The van der Waals surface area contributed by atoms with Crippen LogP contribution in [-0.4, -0.2) is 37.0 Å². The van der Waals surface area contributed by atoms with Crippen LogP contribution in [0.1, 0.15) is 48.5 Å². The van der Waals surface area contributed by atoms with E-state index in [1.807, 2.05) is 31.1 Å². The average molecular weight is 274 g/mol. The van der Waals surface area contributed by atoms with Gasteiger partial charge in [0, 0.05) is 24.7 Å². The Morgan fingerprint density at radius 2 is 1.80 bits per heavy atom. The summed E-state index contributed by atoms with van der Waals surface area (Å²) in [5.74, 6) is 0.153. The van der Waals surface area contributed by atoms with Gasteiger partial charge in [-0.15, -0.1) is 0 Å². The van der Waals surface area contributed by atoms with Crippen molar-refractivity contribution >= 4 is 5.91 Å². The number of hydrogen-bond donors (Lipinski definition) is 1. The van der Waals surface area contributed by atoms with Crippen LogP contribution in [0.3, 0.4) is 0 Å². The SMILES string of the molecule is CCc1ccc(C(=O)N(C)C2CCC(NC)CC2)cc1. The summed E-state index contributed by atoms with van der Waals surface area (Å²) < 4.78 is 0. The minimum absolute atomic E-state index is 0.153. The summed E-state index contributed by atoms with van der Waals surface area (Å²) in [5.41, 5.74) is 2.08. The van der Waals surface area contributed by atoms with E-state index in [1.165, 1.54) is 5.56 Å². The van der Waals surface area contributed by atoms with Crippen LogP contribution in [0.5, 0.6) is 0 Å². The predicted octanol–water partition coefficient (Wildman–Crippen LogP) is 2.85. The molecule has 2 rings (SSSR count). The highest BCUT2D eigenvalue weighted by Crippen LogP contribution is 2.23. The van der Waals surface area contributed by atoms with Crippen LogP contribution in [0.15, 0.2) is 24.3 Å². The second kappa shape index (κ2) is 6.89. The number of nitrogens with zero attached hydrogens (tertiary/aromatic N) is 1.